The molecule has 8 nitrogen and oxygen atoms in total. The number of hydrogen-bond acceptors (Lipinski definition) is 5. The van der Waals surface area contributed by atoms with E-state index in [1.54, 1.807) is 11.5 Å². The van der Waals surface area contributed by atoms with Crippen molar-refractivity contribution in [2.24, 2.45) is 0 Å². The molecule has 0 unspecified atom stereocenters. The van der Waals surface area contributed by atoms with Crippen molar-refractivity contribution in [1.82, 2.24) is 14.5 Å². The van der Waals surface area contributed by atoms with Crippen LogP contribution in [0.1, 0.15) is 23.1 Å². The summed E-state index contributed by atoms with van der Waals surface area (Å²) >= 11 is 0. The highest BCUT2D eigenvalue weighted by atomic mass is 16.4. The van der Waals surface area contributed by atoms with Gasteiger partial charge in [0.25, 0.3) is 0 Å². The molecule has 0 aliphatic carbocycles. The number of carbonyl (C=O) groups excluding carboxylic acids is 1. The number of carboxylic acid groups (broad SMARTS) is 1. The van der Waals surface area contributed by atoms with Crippen molar-refractivity contribution in [2.75, 3.05) is 31.1 Å². The molecule has 114 valence electrons. The van der Waals surface area contributed by atoms with Crippen LogP contribution in [0.2, 0.25) is 0 Å². The summed E-state index contributed by atoms with van der Waals surface area (Å²) in [6, 6.07) is 1.98. The Morgan fingerprint density at radius 3 is 2.59 bits per heavy atom. The van der Waals surface area contributed by atoms with Crippen molar-refractivity contribution < 1.29 is 14.7 Å². The molecule has 0 saturated carbocycles. The molecule has 0 aromatic carbocycles. The number of hydrogen-bond donors (Lipinski definition) is 1. The first-order chi connectivity index (χ1) is 10.6. The van der Waals surface area contributed by atoms with Crippen LogP contribution in [0.15, 0.2) is 0 Å². The van der Waals surface area contributed by atoms with E-state index in [0.29, 0.717) is 38.4 Å². The summed E-state index contributed by atoms with van der Waals surface area (Å²) in [5.74, 6) is 6.08. The van der Waals surface area contributed by atoms with Gasteiger partial charge in [0.2, 0.25) is 5.95 Å². The number of amides is 1. The van der Waals surface area contributed by atoms with Crippen LogP contribution in [0, 0.1) is 23.2 Å². The second kappa shape index (κ2) is 6.64. The van der Waals surface area contributed by atoms with Gasteiger partial charge in [-0.1, -0.05) is 5.92 Å². The van der Waals surface area contributed by atoms with Gasteiger partial charge in [0, 0.05) is 26.2 Å². The number of rotatable bonds is 3. The molecule has 1 saturated heterocycles. The molecule has 2 heterocycles. The Kier molecular flexibility index (Phi) is 4.64. The van der Waals surface area contributed by atoms with Gasteiger partial charge in [-0.05, 0) is 6.92 Å². The molecule has 1 aliphatic heterocycles. The average Bonchev–Trinajstić information content (AvgIpc) is 2.90. The summed E-state index contributed by atoms with van der Waals surface area (Å²) in [5.41, 5.74) is 0.254. The zero-order valence-corrected chi connectivity index (χ0v) is 12.1. The number of nitrogens with zero attached hydrogens (tertiary/aromatic N) is 5. The van der Waals surface area contributed by atoms with Gasteiger partial charge in [-0.15, -0.1) is 5.92 Å². The number of aromatic nitrogens is 2. The molecule has 22 heavy (non-hydrogen) atoms. The summed E-state index contributed by atoms with van der Waals surface area (Å²) in [6.07, 6.45) is -0.406. The van der Waals surface area contributed by atoms with Gasteiger partial charge in [-0.2, -0.15) is 5.26 Å². The third-order valence-corrected chi connectivity index (χ3v) is 3.44. The van der Waals surface area contributed by atoms with Crippen LogP contribution in [0.4, 0.5) is 10.7 Å². The van der Waals surface area contributed by atoms with Crippen molar-refractivity contribution in [1.29, 1.82) is 5.26 Å². The van der Waals surface area contributed by atoms with Crippen molar-refractivity contribution in [3.8, 4) is 17.9 Å². The molecule has 1 aromatic heterocycles. The SMILES string of the molecule is CC#CCn1c(N2CCN(C(=O)O)CC2)nc(C=O)c1C#N. The van der Waals surface area contributed by atoms with Crippen molar-refractivity contribution in [3.05, 3.63) is 11.4 Å². The lowest BCUT2D eigenvalue weighted by molar-refractivity contribution is 0.111. The van der Waals surface area contributed by atoms with Gasteiger partial charge in [-0.3, -0.25) is 9.36 Å². The van der Waals surface area contributed by atoms with Crippen LogP contribution in [0.3, 0.4) is 0 Å². The van der Waals surface area contributed by atoms with E-state index in [4.69, 9.17) is 5.11 Å². The second-order valence-electron chi connectivity index (χ2n) is 4.64. The Morgan fingerprint density at radius 1 is 1.41 bits per heavy atom. The molecule has 1 aromatic rings. The number of anilines is 1. The normalized spacial score (nSPS) is 14.0. The van der Waals surface area contributed by atoms with Crippen LogP contribution in [-0.2, 0) is 6.54 Å². The summed E-state index contributed by atoms with van der Waals surface area (Å²) in [7, 11) is 0. The second-order valence-corrected chi connectivity index (χ2v) is 4.64. The topological polar surface area (TPSA) is 102 Å². The summed E-state index contributed by atoms with van der Waals surface area (Å²) < 4.78 is 1.59. The minimum Gasteiger partial charge on any atom is -0.465 e. The Labute approximate surface area is 127 Å². The van der Waals surface area contributed by atoms with Gasteiger partial charge in [0.1, 0.15) is 11.8 Å². The van der Waals surface area contributed by atoms with Crippen LogP contribution >= 0.6 is 0 Å². The summed E-state index contributed by atoms with van der Waals surface area (Å²) in [4.78, 5) is 29.4. The quantitative estimate of drug-likeness (QED) is 0.640. The summed E-state index contributed by atoms with van der Waals surface area (Å²) in [5, 5.41) is 18.2. The Bertz CT molecular complexity index is 684. The molecule has 1 N–H and O–H groups in total. The fourth-order valence-electron chi connectivity index (χ4n) is 2.31. The first-order valence-electron chi connectivity index (χ1n) is 6.70. The zero-order chi connectivity index (χ0) is 16.1. The third-order valence-electron chi connectivity index (χ3n) is 3.44. The average molecular weight is 301 g/mol. The van der Waals surface area contributed by atoms with E-state index in [-0.39, 0.29) is 17.9 Å². The number of imidazole rings is 1. The molecule has 0 atom stereocenters. The summed E-state index contributed by atoms with van der Waals surface area (Å²) in [6.45, 7) is 3.54. The highest BCUT2D eigenvalue weighted by Gasteiger charge is 2.26. The van der Waals surface area contributed by atoms with Crippen LogP contribution in [-0.4, -0.2) is 58.1 Å². The van der Waals surface area contributed by atoms with E-state index in [0.717, 1.165) is 0 Å². The fraction of sp³-hybridized carbons (Fsp3) is 0.429. The van der Waals surface area contributed by atoms with E-state index in [2.05, 4.69) is 16.8 Å². The number of nitriles is 1. The van der Waals surface area contributed by atoms with Gasteiger partial charge in [-0.25, -0.2) is 9.78 Å². The Hall–Kier alpha value is -3.00. The lowest BCUT2D eigenvalue weighted by Crippen LogP contribution is -2.49. The lowest BCUT2D eigenvalue weighted by Gasteiger charge is -2.33. The number of aldehydes is 1. The smallest absolute Gasteiger partial charge is 0.407 e. The van der Waals surface area contributed by atoms with E-state index in [1.807, 2.05) is 11.0 Å². The maximum Gasteiger partial charge on any atom is 0.407 e. The van der Waals surface area contributed by atoms with E-state index >= 15 is 0 Å². The van der Waals surface area contributed by atoms with Crippen LogP contribution in [0.5, 0.6) is 0 Å². The maximum atomic E-state index is 11.1. The zero-order valence-electron chi connectivity index (χ0n) is 12.1. The highest BCUT2D eigenvalue weighted by Crippen LogP contribution is 2.20. The maximum absolute atomic E-state index is 11.1. The van der Waals surface area contributed by atoms with Gasteiger partial charge < -0.3 is 14.9 Å². The third kappa shape index (κ3) is 2.86. The van der Waals surface area contributed by atoms with Gasteiger partial charge in [0.15, 0.2) is 12.0 Å². The molecule has 1 fully saturated rings. The fourth-order valence-corrected chi connectivity index (χ4v) is 2.31. The Morgan fingerprint density at radius 2 is 2.09 bits per heavy atom. The standard InChI is InChI=1S/C14H15N5O3/c1-2-3-4-19-12(9-15)11(10-20)16-13(19)17-5-7-18(8-6-17)14(21)22/h10H,4-8H2,1H3,(H,21,22). The highest BCUT2D eigenvalue weighted by molar-refractivity contribution is 5.77. The van der Waals surface area contributed by atoms with E-state index in [9.17, 15) is 14.9 Å². The Balaban J connectivity index is 2.32. The largest absolute Gasteiger partial charge is 0.465 e. The van der Waals surface area contributed by atoms with E-state index < -0.39 is 6.09 Å². The molecular weight excluding hydrogens is 286 g/mol. The lowest BCUT2D eigenvalue weighted by atomic mass is 10.3. The molecule has 8 heteroatoms. The van der Waals surface area contributed by atoms with Crippen molar-refractivity contribution in [3.63, 3.8) is 0 Å². The molecule has 0 spiro atoms. The first kappa shape index (κ1) is 15.4. The number of piperazine rings is 1. The van der Waals surface area contributed by atoms with E-state index in [1.165, 1.54) is 4.90 Å². The molecule has 2 rings (SSSR count). The minimum absolute atomic E-state index is 0.0797. The van der Waals surface area contributed by atoms with Crippen LogP contribution in [0.25, 0.3) is 0 Å². The molecular formula is C14H15N5O3. The van der Waals surface area contributed by atoms with Gasteiger partial charge in [0.05, 0.1) is 6.54 Å². The van der Waals surface area contributed by atoms with Crippen LogP contribution < -0.4 is 4.90 Å². The molecule has 0 bridgehead atoms. The minimum atomic E-state index is -0.953. The number of carbonyl (C=O) groups is 2. The molecule has 1 amide bonds. The first-order valence-corrected chi connectivity index (χ1v) is 6.70. The van der Waals surface area contributed by atoms with Crippen molar-refractivity contribution in [2.45, 2.75) is 13.5 Å². The van der Waals surface area contributed by atoms with Gasteiger partial charge >= 0.3 is 6.09 Å². The predicted octanol–water partition coefficient (Wildman–Crippen LogP) is 0.391. The van der Waals surface area contributed by atoms with Crippen molar-refractivity contribution >= 4 is 18.3 Å². The predicted molar refractivity (Wildman–Crippen MR) is 77.6 cm³/mol. The molecule has 0 radical (unpaired) electrons. The molecule has 1 aliphatic rings. The monoisotopic (exact) mass is 301 g/mol.